The summed E-state index contributed by atoms with van der Waals surface area (Å²) >= 11 is 5.61. The summed E-state index contributed by atoms with van der Waals surface area (Å²) < 4.78 is 22.0. The summed E-state index contributed by atoms with van der Waals surface area (Å²) in [6.07, 6.45) is -2.55. The van der Waals surface area contributed by atoms with Crippen LogP contribution in [0.3, 0.4) is 0 Å². The van der Waals surface area contributed by atoms with Crippen molar-refractivity contribution < 1.29 is 33.7 Å². The molecule has 0 spiro atoms. The van der Waals surface area contributed by atoms with Gasteiger partial charge in [0.25, 0.3) is 5.56 Å². The first-order valence-corrected chi connectivity index (χ1v) is 9.88. The standard InChI is InChI=1S/C13H18ClN2O9P/c14-2-1-7-4-16(13(20)15-12(7)19)10-3-8(17)9(25-10)5-24-11(18)6-26(21,22)23/h4,8-10,17H,1-3,5-6H2,(H,15,19,20)(H2,21,22,23)/t8-,9+,10+/m0/s1. The van der Waals surface area contributed by atoms with Crippen LogP contribution in [-0.4, -0.2) is 61.3 Å². The fourth-order valence-corrected chi connectivity index (χ4v) is 3.08. The van der Waals surface area contributed by atoms with Gasteiger partial charge >= 0.3 is 19.3 Å². The lowest BCUT2D eigenvalue weighted by molar-refractivity contribution is -0.147. The third-order valence-electron chi connectivity index (χ3n) is 3.66. The summed E-state index contributed by atoms with van der Waals surface area (Å²) in [5, 5.41) is 10.0. The van der Waals surface area contributed by atoms with Crippen LogP contribution in [0.15, 0.2) is 15.8 Å². The van der Waals surface area contributed by atoms with Crippen molar-refractivity contribution in [1.29, 1.82) is 0 Å². The van der Waals surface area contributed by atoms with Crippen LogP contribution in [0.25, 0.3) is 0 Å². The monoisotopic (exact) mass is 412 g/mol. The predicted molar refractivity (Wildman–Crippen MR) is 88.2 cm³/mol. The van der Waals surface area contributed by atoms with Gasteiger partial charge in [0.2, 0.25) is 0 Å². The quantitative estimate of drug-likeness (QED) is 0.241. The molecule has 1 aliphatic rings. The number of H-pyrrole nitrogens is 1. The van der Waals surface area contributed by atoms with Crippen molar-refractivity contribution in [1.82, 2.24) is 9.55 Å². The number of rotatable bonds is 7. The van der Waals surface area contributed by atoms with E-state index in [1.807, 2.05) is 0 Å². The van der Waals surface area contributed by atoms with Gasteiger partial charge in [0.05, 0.1) is 6.10 Å². The van der Waals surface area contributed by atoms with Gasteiger partial charge in [0.1, 0.15) is 25.1 Å². The Morgan fingerprint density at radius 1 is 1.46 bits per heavy atom. The molecule has 2 rings (SSSR count). The average molecular weight is 413 g/mol. The zero-order chi connectivity index (χ0) is 19.5. The average Bonchev–Trinajstić information content (AvgIpc) is 2.87. The molecule has 11 nitrogen and oxygen atoms in total. The van der Waals surface area contributed by atoms with Gasteiger partial charge in [-0.3, -0.25) is 23.7 Å². The van der Waals surface area contributed by atoms with E-state index in [0.29, 0.717) is 0 Å². The van der Waals surface area contributed by atoms with Gasteiger partial charge in [-0.05, 0) is 6.42 Å². The third kappa shape index (κ3) is 5.50. The Kier molecular flexibility index (Phi) is 6.78. The van der Waals surface area contributed by atoms with Gasteiger partial charge in [-0.1, -0.05) is 0 Å². The minimum Gasteiger partial charge on any atom is -0.462 e. The van der Waals surface area contributed by atoms with Gasteiger partial charge < -0.3 is 24.4 Å². The number of hydrogen-bond acceptors (Lipinski definition) is 7. The van der Waals surface area contributed by atoms with E-state index >= 15 is 0 Å². The molecule has 1 fully saturated rings. The van der Waals surface area contributed by atoms with E-state index in [0.717, 1.165) is 4.57 Å². The van der Waals surface area contributed by atoms with Crippen LogP contribution in [0.1, 0.15) is 18.2 Å². The van der Waals surface area contributed by atoms with Crippen molar-refractivity contribution in [2.24, 2.45) is 0 Å². The summed E-state index contributed by atoms with van der Waals surface area (Å²) in [7, 11) is -4.55. The van der Waals surface area contributed by atoms with Crippen LogP contribution >= 0.6 is 19.2 Å². The maximum atomic E-state index is 12.0. The van der Waals surface area contributed by atoms with Crippen LogP contribution in [-0.2, 0) is 25.3 Å². The molecule has 1 aromatic heterocycles. The molecule has 1 saturated heterocycles. The van der Waals surface area contributed by atoms with Gasteiger partial charge in [-0.2, -0.15) is 0 Å². The molecular formula is C13H18ClN2O9P. The molecule has 0 amide bonds. The van der Waals surface area contributed by atoms with Crippen LogP contribution in [0, 0.1) is 0 Å². The number of ether oxygens (including phenoxy) is 2. The summed E-state index contributed by atoms with van der Waals surface area (Å²) in [6.45, 7) is -0.441. The number of alkyl halides is 1. The van der Waals surface area contributed by atoms with E-state index < -0.39 is 56.0 Å². The highest BCUT2D eigenvalue weighted by Crippen LogP contribution is 2.34. The molecule has 0 aliphatic carbocycles. The Morgan fingerprint density at radius 2 is 2.15 bits per heavy atom. The zero-order valence-corrected chi connectivity index (χ0v) is 15.1. The maximum absolute atomic E-state index is 12.0. The fourth-order valence-electron chi connectivity index (χ4n) is 2.45. The zero-order valence-electron chi connectivity index (χ0n) is 13.4. The number of nitrogens with zero attached hydrogens (tertiary/aromatic N) is 1. The van der Waals surface area contributed by atoms with Crippen molar-refractivity contribution in [3.05, 3.63) is 32.6 Å². The molecule has 26 heavy (non-hydrogen) atoms. The molecule has 1 aromatic rings. The first-order valence-electron chi connectivity index (χ1n) is 7.54. The second-order valence-electron chi connectivity index (χ2n) is 5.70. The number of aromatic nitrogens is 2. The first-order chi connectivity index (χ1) is 12.1. The van der Waals surface area contributed by atoms with Crippen LogP contribution < -0.4 is 11.2 Å². The number of aryl methyl sites for hydroxylation is 1. The second kappa shape index (κ2) is 8.47. The smallest absolute Gasteiger partial charge is 0.336 e. The van der Waals surface area contributed by atoms with E-state index in [4.69, 9.17) is 26.1 Å². The fraction of sp³-hybridized carbons (Fsp3) is 0.615. The topological polar surface area (TPSA) is 168 Å². The normalized spacial score (nSPS) is 23.2. The van der Waals surface area contributed by atoms with Crippen LogP contribution in [0.2, 0.25) is 0 Å². The highest BCUT2D eigenvalue weighted by atomic mass is 35.5. The lowest BCUT2D eigenvalue weighted by Gasteiger charge is -2.16. The van der Waals surface area contributed by atoms with Crippen molar-refractivity contribution in [2.75, 3.05) is 18.6 Å². The number of carbonyl (C=O) groups is 1. The molecular weight excluding hydrogens is 395 g/mol. The maximum Gasteiger partial charge on any atom is 0.336 e. The van der Waals surface area contributed by atoms with E-state index in [2.05, 4.69) is 9.72 Å². The van der Waals surface area contributed by atoms with Crippen LogP contribution in [0.5, 0.6) is 0 Å². The Labute approximate surface area is 151 Å². The number of aromatic amines is 1. The highest BCUT2D eigenvalue weighted by molar-refractivity contribution is 7.52. The lowest BCUT2D eigenvalue weighted by Crippen LogP contribution is -2.34. The van der Waals surface area contributed by atoms with Crippen LogP contribution in [0.4, 0.5) is 0 Å². The lowest BCUT2D eigenvalue weighted by atomic mass is 10.2. The number of esters is 1. The number of aliphatic hydroxyl groups excluding tert-OH is 1. The Bertz CT molecular complexity index is 817. The summed E-state index contributed by atoms with van der Waals surface area (Å²) in [5.74, 6) is -0.962. The summed E-state index contributed by atoms with van der Waals surface area (Å²) in [5.41, 5.74) is -1.02. The third-order valence-corrected chi connectivity index (χ3v) is 4.52. The Hall–Kier alpha value is -1.49. The van der Waals surface area contributed by atoms with Crippen molar-refractivity contribution in [2.45, 2.75) is 31.3 Å². The molecule has 1 aliphatic heterocycles. The van der Waals surface area contributed by atoms with Crippen molar-refractivity contribution in [3.8, 4) is 0 Å². The van der Waals surface area contributed by atoms with E-state index in [-0.39, 0.29) is 24.3 Å². The molecule has 0 radical (unpaired) electrons. The van der Waals surface area contributed by atoms with Gasteiger partial charge in [-0.15, -0.1) is 11.6 Å². The Morgan fingerprint density at radius 3 is 2.77 bits per heavy atom. The number of aliphatic hydroxyl groups is 1. The number of nitrogens with one attached hydrogen (secondary N) is 1. The van der Waals surface area contributed by atoms with E-state index in [1.54, 1.807) is 0 Å². The number of carbonyl (C=O) groups excluding carboxylic acids is 1. The molecule has 0 unspecified atom stereocenters. The largest absolute Gasteiger partial charge is 0.462 e. The molecule has 0 bridgehead atoms. The second-order valence-corrected chi connectivity index (χ2v) is 7.72. The molecule has 0 saturated carbocycles. The predicted octanol–water partition coefficient (Wildman–Crippen LogP) is -1.31. The minimum atomic E-state index is -4.55. The van der Waals surface area contributed by atoms with E-state index in [1.165, 1.54) is 6.20 Å². The molecule has 3 atom stereocenters. The first kappa shape index (κ1) is 20.8. The molecule has 13 heteroatoms. The number of hydrogen-bond donors (Lipinski definition) is 4. The molecule has 146 valence electrons. The highest BCUT2D eigenvalue weighted by Gasteiger charge is 2.36. The van der Waals surface area contributed by atoms with Crippen molar-refractivity contribution >= 4 is 25.2 Å². The molecule has 4 N–H and O–H groups in total. The van der Waals surface area contributed by atoms with Crippen molar-refractivity contribution in [3.63, 3.8) is 0 Å². The Balaban J connectivity index is 2.05. The SMILES string of the molecule is O=C(CP(=O)(O)O)OC[C@H]1O[C@@H](n2cc(CCCl)c(=O)[nH]c2=O)C[C@@H]1O. The number of halogens is 1. The van der Waals surface area contributed by atoms with E-state index in [9.17, 15) is 24.1 Å². The summed E-state index contributed by atoms with van der Waals surface area (Å²) in [6, 6.07) is 0. The minimum absolute atomic E-state index is 0.00697. The molecule has 2 heterocycles. The van der Waals surface area contributed by atoms with Gasteiger partial charge in [0, 0.05) is 24.1 Å². The molecule has 0 aromatic carbocycles. The van der Waals surface area contributed by atoms with Gasteiger partial charge in [-0.25, -0.2) is 4.79 Å². The van der Waals surface area contributed by atoms with Gasteiger partial charge in [0.15, 0.2) is 0 Å². The summed E-state index contributed by atoms with van der Waals surface area (Å²) in [4.78, 5) is 54.5.